The van der Waals surface area contributed by atoms with Gasteiger partial charge in [-0.1, -0.05) is 12.2 Å². The summed E-state index contributed by atoms with van der Waals surface area (Å²) in [5, 5.41) is 0. The molecule has 0 bridgehead atoms. The van der Waals surface area contributed by atoms with Gasteiger partial charge in [0.05, 0.1) is 6.26 Å². The standard InChI is InChI=1S/C10H20OSi/c1-5-6-7-8-9-10-11-12(2,3)4/h5,9-10H,1,6-8H2,2-4H3/b10-9+. The fourth-order valence-electron chi connectivity index (χ4n) is 0.700. The highest BCUT2D eigenvalue weighted by Crippen LogP contribution is 2.04. The van der Waals surface area contributed by atoms with E-state index in [-0.39, 0.29) is 0 Å². The normalized spacial score (nSPS) is 11.9. The first-order valence-electron chi connectivity index (χ1n) is 4.50. The maximum atomic E-state index is 5.54. The molecule has 0 heterocycles. The van der Waals surface area contributed by atoms with Crippen molar-refractivity contribution in [2.75, 3.05) is 0 Å². The fourth-order valence-corrected chi connectivity index (χ4v) is 1.20. The maximum absolute atomic E-state index is 5.54. The van der Waals surface area contributed by atoms with Crippen LogP contribution in [0.15, 0.2) is 25.0 Å². The molecule has 70 valence electrons. The quantitative estimate of drug-likeness (QED) is 0.265. The Morgan fingerprint density at radius 1 is 1.25 bits per heavy atom. The summed E-state index contributed by atoms with van der Waals surface area (Å²) < 4.78 is 5.54. The Morgan fingerprint density at radius 3 is 2.42 bits per heavy atom. The number of unbranched alkanes of at least 4 members (excludes halogenated alkanes) is 2. The Bertz CT molecular complexity index is 144. The van der Waals surface area contributed by atoms with E-state index in [0.29, 0.717) is 0 Å². The molecule has 0 aliphatic heterocycles. The lowest BCUT2D eigenvalue weighted by molar-refractivity contribution is 0.476. The number of rotatable bonds is 6. The summed E-state index contributed by atoms with van der Waals surface area (Å²) in [6.07, 6.45) is 9.27. The van der Waals surface area contributed by atoms with Gasteiger partial charge in [-0.25, -0.2) is 0 Å². The van der Waals surface area contributed by atoms with E-state index in [1.807, 2.05) is 12.3 Å². The summed E-state index contributed by atoms with van der Waals surface area (Å²) in [5.41, 5.74) is 0. The van der Waals surface area contributed by atoms with E-state index < -0.39 is 8.32 Å². The third-order valence-corrected chi connectivity index (χ3v) is 2.14. The first-order valence-corrected chi connectivity index (χ1v) is 7.91. The summed E-state index contributed by atoms with van der Waals surface area (Å²) >= 11 is 0. The van der Waals surface area contributed by atoms with Gasteiger partial charge in [-0.05, 0) is 38.9 Å². The van der Waals surface area contributed by atoms with Crippen LogP contribution in [0.3, 0.4) is 0 Å². The van der Waals surface area contributed by atoms with Gasteiger partial charge in [-0.3, -0.25) is 0 Å². The minimum atomic E-state index is -1.33. The first kappa shape index (κ1) is 11.5. The minimum Gasteiger partial charge on any atom is -0.550 e. The average Bonchev–Trinajstić information content (AvgIpc) is 1.94. The highest BCUT2D eigenvalue weighted by molar-refractivity contribution is 6.69. The summed E-state index contributed by atoms with van der Waals surface area (Å²) in [7, 11) is -1.33. The Balaban J connectivity index is 3.31. The average molecular weight is 184 g/mol. The van der Waals surface area contributed by atoms with Crippen LogP contribution in [0, 0.1) is 0 Å². The third kappa shape index (κ3) is 9.50. The van der Waals surface area contributed by atoms with Crippen LogP contribution in [0.5, 0.6) is 0 Å². The van der Waals surface area contributed by atoms with Gasteiger partial charge in [-0.15, -0.1) is 6.58 Å². The molecule has 1 nitrogen and oxygen atoms in total. The molecule has 0 saturated heterocycles. The number of hydrogen-bond donors (Lipinski definition) is 0. The van der Waals surface area contributed by atoms with Crippen LogP contribution in [0.4, 0.5) is 0 Å². The van der Waals surface area contributed by atoms with Gasteiger partial charge in [0, 0.05) is 0 Å². The van der Waals surface area contributed by atoms with Crippen LogP contribution in [0.2, 0.25) is 19.6 Å². The van der Waals surface area contributed by atoms with Crippen molar-refractivity contribution in [2.45, 2.75) is 38.9 Å². The van der Waals surface area contributed by atoms with Crippen molar-refractivity contribution in [1.29, 1.82) is 0 Å². The van der Waals surface area contributed by atoms with Crippen molar-refractivity contribution in [3.8, 4) is 0 Å². The largest absolute Gasteiger partial charge is 0.550 e. The van der Waals surface area contributed by atoms with Crippen molar-refractivity contribution in [2.24, 2.45) is 0 Å². The van der Waals surface area contributed by atoms with Crippen LogP contribution in [0.25, 0.3) is 0 Å². The molecule has 0 unspecified atom stereocenters. The van der Waals surface area contributed by atoms with E-state index in [1.165, 1.54) is 6.42 Å². The summed E-state index contributed by atoms with van der Waals surface area (Å²) in [6, 6.07) is 0. The van der Waals surface area contributed by atoms with E-state index in [0.717, 1.165) is 12.8 Å². The second kappa shape index (κ2) is 6.06. The van der Waals surface area contributed by atoms with Crippen LogP contribution in [0.1, 0.15) is 19.3 Å². The monoisotopic (exact) mass is 184 g/mol. The minimum absolute atomic E-state index is 1.09. The van der Waals surface area contributed by atoms with E-state index in [1.54, 1.807) is 0 Å². The summed E-state index contributed by atoms with van der Waals surface area (Å²) in [5.74, 6) is 0. The Kier molecular flexibility index (Phi) is 5.81. The zero-order chi connectivity index (χ0) is 9.45. The SMILES string of the molecule is C=CCCC/C=C/O[Si](C)(C)C. The molecule has 0 aromatic rings. The van der Waals surface area contributed by atoms with Crippen molar-refractivity contribution in [3.63, 3.8) is 0 Å². The summed E-state index contributed by atoms with van der Waals surface area (Å²) in [6.45, 7) is 10.2. The molecule has 0 N–H and O–H groups in total. The van der Waals surface area contributed by atoms with Gasteiger partial charge in [-0.2, -0.15) is 0 Å². The molecule has 0 amide bonds. The lowest BCUT2D eigenvalue weighted by Crippen LogP contribution is -2.21. The van der Waals surface area contributed by atoms with E-state index in [2.05, 4.69) is 32.3 Å². The maximum Gasteiger partial charge on any atom is 0.241 e. The Hall–Kier alpha value is -0.503. The molecule has 0 rings (SSSR count). The summed E-state index contributed by atoms with van der Waals surface area (Å²) in [4.78, 5) is 0. The molecule has 2 heteroatoms. The fraction of sp³-hybridized carbons (Fsp3) is 0.600. The zero-order valence-corrected chi connectivity index (χ0v) is 9.47. The predicted molar refractivity (Wildman–Crippen MR) is 57.6 cm³/mol. The van der Waals surface area contributed by atoms with E-state index in [9.17, 15) is 0 Å². The number of hydrogen-bond acceptors (Lipinski definition) is 1. The highest BCUT2D eigenvalue weighted by atomic mass is 28.4. The Labute approximate surface area is 77.3 Å². The molecule has 0 fully saturated rings. The van der Waals surface area contributed by atoms with Gasteiger partial charge in [0.15, 0.2) is 0 Å². The molecular formula is C10H20OSi. The zero-order valence-electron chi connectivity index (χ0n) is 8.47. The Morgan fingerprint density at radius 2 is 1.92 bits per heavy atom. The van der Waals surface area contributed by atoms with Gasteiger partial charge in [0.2, 0.25) is 8.32 Å². The van der Waals surface area contributed by atoms with Crippen LogP contribution in [-0.4, -0.2) is 8.32 Å². The van der Waals surface area contributed by atoms with Gasteiger partial charge in [0.25, 0.3) is 0 Å². The van der Waals surface area contributed by atoms with Gasteiger partial charge < -0.3 is 4.43 Å². The van der Waals surface area contributed by atoms with Crippen LogP contribution >= 0.6 is 0 Å². The lowest BCUT2D eigenvalue weighted by Gasteiger charge is -2.14. The van der Waals surface area contributed by atoms with Crippen molar-refractivity contribution >= 4 is 8.32 Å². The molecule has 0 aromatic carbocycles. The number of allylic oxidation sites excluding steroid dienone is 2. The topological polar surface area (TPSA) is 9.23 Å². The van der Waals surface area contributed by atoms with Crippen molar-refractivity contribution in [3.05, 3.63) is 25.0 Å². The van der Waals surface area contributed by atoms with Gasteiger partial charge >= 0.3 is 0 Å². The van der Waals surface area contributed by atoms with Crippen molar-refractivity contribution in [1.82, 2.24) is 0 Å². The smallest absolute Gasteiger partial charge is 0.241 e. The predicted octanol–water partition coefficient (Wildman–Crippen LogP) is 3.71. The van der Waals surface area contributed by atoms with Crippen molar-refractivity contribution < 1.29 is 4.43 Å². The van der Waals surface area contributed by atoms with Gasteiger partial charge in [0.1, 0.15) is 0 Å². The molecule has 12 heavy (non-hydrogen) atoms. The molecule has 0 atom stereocenters. The third-order valence-electron chi connectivity index (χ3n) is 1.30. The van der Waals surface area contributed by atoms with E-state index >= 15 is 0 Å². The molecule has 0 aliphatic rings. The molecule has 0 saturated carbocycles. The second-order valence-corrected chi connectivity index (χ2v) is 8.28. The molecule has 0 spiro atoms. The molecular weight excluding hydrogens is 164 g/mol. The molecule has 0 radical (unpaired) electrons. The first-order chi connectivity index (χ1) is 5.56. The molecule has 0 aromatic heterocycles. The molecule has 0 aliphatic carbocycles. The van der Waals surface area contributed by atoms with Crippen LogP contribution < -0.4 is 0 Å². The highest BCUT2D eigenvalue weighted by Gasteiger charge is 2.12. The van der Waals surface area contributed by atoms with E-state index in [4.69, 9.17) is 4.43 Å². The lowest BCUT2D eigenvalue weighted by atomic mass is 10.2. The second-order valence-electron chi connectivity index (χ2n) is 3.82. The van der Waals surface area contributed by atoms with Crippen LogP contribution in [-0.2, 0) is 4.43 Å².